The van der Waals surface area contributed by atoms with E-state index >= 15 is 0 Å². The van der Waals surface area contributed by atoms with E-state index < -0.39 is 0 Å². The van der Waals surface area contributed by atoms with Crippen LogP contribution in [0.4, 0.5) is 11.6 Å². The molecular weight excluding hydrogens is 200 g/mol. The van der Waals surface area contributed by atoms with Crippen LogP contribution in [-0.2, 0) is 0 Å². The van der Waals surface area contributed by atoms with E-state index in [1.54, 1.807) is 6.33 Å². The zero-order chi connectivity index (χ0) is 11.2. The third kappa shape index (κ3) is 3.68. The van der Waals surface area contributed by atoms with Crippen LogP contribution >= 0.6 is 0 Å². The van der Waals surface area contributed by atoms with E-state index in [0.29, 0.717) is 0 Å². The van der Waals surface area contributed by atoms with Crippen molar-refractivity contribution in [3.8, 4) is 0 Å². The smallest absolute Gasteiger partial charge is 0.131 e. The summed E-state index contributed by atoms with van der Waals surface area (Å²) < 4.78 is 0. The SMILES string of the molecule is CCNc1cc(NCCCC2CC2)ncn1. The summed E-state index contributed by atoms with van der Waals surface area (Å²) in [6, 6.07) is 1.96. The second kappa shape index (κ2) is 5.68. The summed E-state index contributed by atoms with van der Waals surface area (Å²) in [5.74, 6) is 2.83. The standard InChI is InChI=1S/C12H20N4/c1-2-13-11-8-12(16-9-15-11)14-7-3-4-10-5-6-10/h8-10H,2-7H2,1H3,(H2,13,14,15,16). The van der Waals surface area contributed by atoms with Crippen LogP contribution in [0.1, 0.15) is 32.6 Å². The van der Waals surface area contributed by atoms with Crippen LogP contribution in [0.25, 0.3) is 0 Å². The van der Waals surface area contributed by atoms with Crippen molar-refractivity contribution in [2.45, 2.75) is 32.6 Å². The molecule has 0 atom stereocenters. The van der Waals surface area contributed by atoms with Crippen LogP contribution in [0.5, 0.6) is 0 Å². The molecule has 4 heteroatoms. The van der Waals surface area contributed by atoms with Crippen LogP contribution in [0.15, 0.2) is 12.4 Å². The third-order valence-electron chi connectivity index (χ3n) is 2.82. The molecule has 0 saturated heterocycles. The van der Waals surface area contributed by atoms with Gasteiger partial charge in [-0.05, 0) is 25.7 Å². The van der Waals surface area contributed by atoms with Gasteiger partial charge >= 0.3 is 0 Å². The maximum Gasteiger partial charge on any atom is 0.131 e. The second-order valence-corrected chi connectivity index (χ2v) is 4.33. The molecule has 1 aromatic heterocycles. The highest BCUT2D eigenvalue weighted by atomic mass is 15.1. The lowest BCUT2D eigenvalue weighted by molar-refractivity contribution is 0.686. The van der Waals surface area contributed by atoms with Gasteiger partial charge in [0.2, 0.25) is 0 Å². The Kier molecular flexibility index (Phi) is 3.97. The summed E-state index contributed by atoms with van der Waals surface area (Å²) in [5, 5.41) is 6.51. The highest BCUT2D eigenvalue weighted by Crippen LogP contribution is 2.33. The Morgan fingerprint density at radius 3 is 2.69 bits per heavy atom. The molecule has 1 aliphatic rings. The molecule has 1 saturated carbocycles. The van der Waals surface area contributed by atoms with E-state index in [1.165, 1.54) is 25.7 Å². The minimum atomic E-state index is 0.887. The molecule has 0 aliphatic heterocycles. The van der Waals surface area contributed by atoms with Crippen LogP contribution < -0.4 is 10.6 Å². The molecule has 4 nitrogen and oxygen atoms in total. The average Bonchev–Trinajstić information content (AvgIpc) is 3.09. The zero-order valence-electron chi connectivity index (χ0n) is 9.87. The predicted molar refractivity (Wildman–Crippen MR) is 66.6 cm³/mol. The normalized spacial score (nSPS) is 14.8. The first-order chi connectivity index (χ1) is 7.88. The van der Waals surface area contributed by atoms with Crippen LogP contribution in [-0.4, -0.2) is 23.1 Å². The van der Waals surface area contributed by atoms with E-state index in [4.69, 9.17) is 0 Å². The molecule has 0 aromatic carbocycles. The van der Waals surface area contributed by atoms with Gasteiger partial charge in [-0.25, -0.2) is 9.97 Å². The number of rotatable bonds is 7. The topological polar surface area (TPSA) is 49.8 Å². The molecule has 1 aliphatic carbocycles. The Hall–Kier alpha value is -1.32. The summed E-state index contributed by atoms with van der Waals surface area (Å²) >= 11 is 0. The van der Waals surface area contributed by atoms with Crippen molar-refractivity contribution in [3.63, 3.8) is 0 Å². The van der Waals surface area contributed by atoms with Crippen molar-refractivity contribution in [1.29, 1.82) is 0 Å². The fourth-order valence-electron chi connectivity index (χ4n) is 1.75. The van der Waals surface area contributed by atoms with Crippen LogP contribution in [0.2, 0.25) is 0 Å². The van der Waals surface area contributed by atoms with Gasteiger partial charge in [0, 0.05) is 19.2 Å². The number of hydrogen-bond donors (Lipinski definition) is 2. The molecule has 1 aromatic rings. The van der Waals surface area contributed by atoms with E-state index in [0.717, 1.165) is 30.6 Å². The van der Waals surface area contributed by atoms with Crippen LogP contribution in [0.3, 0.4) is 0 Å². The first kappa shape index (κ1) is 11.2. The molecule has 88 valence electrons. The lowest BCUT2D eigenvalue weighted by Crippen LogP contribution is -2.06. The van der Waals surface area contributed by atoms with Crippen molar-refractivity contribution in [3.05, 3.63) is 12.4 Å². The number of hydrogen-bond acceptors (Lipinski definition) is 4. The fourth-order valence-corrected chi connectivity index (χ4v) is 1.75. The van der Waals surface area contributed by atoms with E-state index in [9.17, 15) is 0 Å². The largest absolute Gasteiger partial charge is 0.370 e. The minimum Gasteiger partial charge on any atom is -0.370 e. The van der Waals surface area contributed by atoms with Crippen molar-refractivity contribution in [2.24, 2.45) is 5.92 Å². The molecular formula is C12H20N4. The Labute approximate surface area is 96.9 Å². The van der Waals surface area contributed by atoms with Gasteiger partial charge in [0.15, 0.2) is 0 Å². The van der Waals surface area contributed by atoms with Gasteiger partial charge in [-0.2, -0.15) is 0 Å². The molecule has 1 heterocycles. The summed E-state index contributed by atoms with van der Waals surface area (Å²) in [7, 11) is 0. The second-order valence-electron chi connectivity index (χ2n) is 4.33. The molecule has 0 bridgehead atoms. The highest BCUT2D eigenvalue weighted by Gasteiger charge is 2.19. The molecule has 0 spiro atoms. The Balaban J connectivity index is 1.71. The number of nitrogens with one attached hydrogen (secondary N) is 2. The molecule has 0 amide bonds. The van der Waals surface area contributed by atoms with Crippen molar-refractivity contribution in [2.75, 3.05) is 23.7 Å². The molecule has 0 unspecified atom stereocenters. The van der Waals surface area contributed by atoms with Crippen molar-refractivity contribution in [1.82, 2.24) is 9.97 Å². The van der Waals surface area contributed by atoms with Gasteiger partial charge in [-0.15, -0.1) is 0 Å². The van der Waals surface area contributed by atoms with Gasteiger partial charge in [0.25, 0.3) is 0 Å². The quantitative estimate of drug-likeness (QED) is 0.693. The molecule has 2 N–H and O–H groups in total. The fraction of sp³-hybridized carbons (Fsp3) is 0.667. The Morgan fingerprint density at radius 1 is 1.25 bits per heavy atom. The van der Waals surface area contributed by atoms with Gasteiger partial charge in [-0.3, -0.25) is 0 Å². The van der Waals surface area contributed by atoms with E-state index in [1.807, 2.05) is 6.07 Å². The maximum absolute atomic E-state index is 4.19. The minimum absolute atomic E-state index is 0.887. The third-order valence-corrected chi connectivity index (χ3v) is 2.82. The summed E-state index contributed by atoms with van der Waals surface area (Å²) in [4.78, 5) is 8.33. The van der Waals surface area contributed by atoms with Gasteiger partial charge in [0.05, 0.1) is 0 Å². The average molecular weight is 220 g/mol. The van der Waals surface area contributed by atoms with Crippen LogP contribution in [0, 0.1) is 5.92 Å². The van der Waals surface area contributed by atoms with Crippen molar-refractivity contribution >= 4 is 11.6 Å². The molecule has 16 heavy (non-hydrogen) atoms. The molecule has 0 radical (unpaired) electrons. The van der Waals surface area contributed by atoms with Crippen molar-refractivity contribution < 1.29 is 0 Å². The summed E-state index contributed by atoms with van der Waals surface area (Å²) in [6.45, 7) is 3.96. The Bertz CT molecular complexity index is 323. The number of nitrogens with zero attached hydrogens (tertiary/aromatic N) is 2. The lowest BCUT2D eigenvalue weighted by Gasteiger charge is -2.07. The Morgan fingerprint density at radius 2 is 2.00 bits per heavy atom. The predicted octanol–water partition coefficient (Wildman–Crippen LogP) is 2.51. The van der Waals surface area contributed by atoms with Gasteiger partial charge in [-0.1, -0.05) is 12.8 Å². The molecule has 2 rings (SSSR count). The highest BCUT2D eigenvalue weighted by molar-refractivity contribution is 5.46. The number of aromatic nitrogens is 2. The first-order valence-corrected chi connectivity index (χ1v) is 6.18. The molecule has 1 fully saturated rings. The van der Waals surface area contributed by atoms with Gasteiger partial charge in [0.1, 0.15) is 18.0 Å². The monoisotopic (exact) mass is 220 g/mol. The maximum atomic E-state index is 4.19. The first-order valence-electron chi connectivity index (χ1n) is 6.18. The summed E-state index contributed by atoms with van der Waals surface area (Å²) in [5.41, 5.74) is 0. The summed E-state index contributed by atoms with van der Waals surface area (Å²) in [6.07, 6.45) is 7.08. The zero-order valence-corrected chi connectivity index (χ0v) is 9.87. The van der Waals surface area contributed by atoms with E-state index in [2.05, 4.69) is 27.5 Å². The van der Waals surface area contributed by atoms with Gasteiger partial charge < -0.3 is 10.6 Å². The van der Waals surface area contributed by atoms with E-state index in [-0.39, 0.29) is 0 Å². The number of anilines is 2. The lowest BCUT2D eigenvalue weighted by atomic mass is 10.2.